The third kappa shape index (κ3) is 5.68. The van der Waals surface area contributed by atoms with Crippen molar-refractivity contribution in [3.8, 4) is 0 Å². The summed E-state index contributed by atoms with van der Waals surface area (Å²) in [4.78, 5) is 42.2. The molecule has 2 aliphatic heterocycles. The van der Waals surface area contributed by atoms with Crippen LogP contribution in [0.1, 0.15) is 79.7 Å². The fourth-order valence-corrected chi connectivity index (χ4v) is 5.20. The Balaban J connectivity index is 1.65. The van der Waals surface area contributed by atoms with Crippen molar-refractivity contribution in [3.63, 3.8) is 0 Å². The fraction of sp³-hybridized carbons (Fsp3) is 0.654. The molecule has 0 atom stereocenters. The Morgan fingerprint density at radius 2 is 1.55 bits per heavy atom. The van der Waals surface area contributed by atoms with Crippen molar-refractivity contribution < 1.29 is 19.1 Å². The third-order valence-electron chi connectivity index (χ3n) is 7.09. The van der Waals surface area contributed by atoms with Crippen molar-refractivity contribution >= 4 is 23.9 Å². The second-order valence-corrected chi connectivity index (χ2v) is 9.10. The minimum absolute atomic E-state index is 0.0232. The molecule has 3 heterocycles. The van der Waals surface area contributed by atoms with Gasteiger partial charge in [-0.25, -0.2) is 4.79 Å². The molecule has 33 heavy (non-hydrogen) atoms. The van der Waals surface area contributed by atoms with Crippen molar-refractivity contribution in [2.24, 2.45) is 5.92 Å². The molecule has 0 saturated carbocycles. The van der Waals surface area contributed by atoms with E-state index in [4.69, 9.17) is 4.74 Å². The number of hydrogen-bond donors (Lipinski definition) is 0. The van der Waals surface area contributed by atoms with E-state index in [0.29, 0.717) is 38.1 Å². The summed E-state index contributed by atoms with van der Waals surface area (Å²) in [7, 11) is 0. The van der Waals surface area contributed by atoms with Crippen LogP contribution in [0.5, 0.6) is 0 Å². The van der Waals surface area contributed by atoms with Crippen molar-refractivity contribution in [3.05, 3.63) is 28.6 Å². The van der Waals surface area contributed by atoms with Crippen LogP contribution in [0.4, 0.5) is 0 Å². The lowest BCUT2D eigenvalue weighted by molar-refractivity contribution is -0.139. The molecule has 0 unspecified atom stereocenters. The van der Waals surface area contributed by atoms with E-state index in [1.54, 1.807) is 19.1 Å². The second kappa shape index (κ2) is 11.5. The average molecular weight is 458 g/mol. The van der Waals surface area contributed by atoms with Crippen LogP contribution in [-0.2, 0) is 20.9 Å². The molecule has 7 nitrogen and oxygen atoms in total. The first-order valence-electron chi connectivity index (χ1n) is 12.5. The Labute approximate surface area is 197 Å². The first-order valence-corrected chi connectivity index (χ1v) is 12.5. The van der Waals surface area contributed by atoms with Gasteiger partial charge in [-0.3, -0.25) is 9.59 Å². The summed E-state index contributed by atoms with van der Waals surface area (Å²) in [6.07, 6.45) is 9.35. The normalized spacial score (nSPS) is 17.9. The average Bonchev–Trinajstić information content (AvgIpc) is 2.98. The summed E-state index contributed by atoms with van der Waals surface area (Å²) < 4.78 is 7.33. The molecule has 2 aliphatic rings. The number of carbonyl (C=O) groups is 3. The van der Waals surface area contributed by atoms with Crippen LogP contribution in [0.3, 0.4) is 0 Å². The van der Waals surface area contributed by atoms with Crippen LogP contribution in [0, 0.1) is 19.8 Å². The lowest BCUT2D eigenvalue weighted by Crippen LogP contribution is -2.44. The van der Waals surface area contributed by atoms with Gasteiger partial charge in [0.15, 0.2) is 0 Å². The molecule has 2 saturated heterocycles. The number of ether oxygens (including phenoxy) is 1. The molecule has 1 aromatic heterocycles. The first kappa shape index (κ1) is 25.1. The van der Waals surface area contributed by atoms with Crippen LogP contribution in [0.15, 0.2) is 6.08 Å². The lowest BCUT2D eigenvalue weighted by Gasteiger charge is -2.33. The number of aromatic nitrogens is 1. The maximum atomic E-state index is 12.9. The summed E-state index contributed by atoms with van der Waals surface area (Å²) in [5.41, 5.74) is 3.08. The molecule has 3 rings (SSSR count). The summed E-state index contributed by atoms with van der Waals surface area (Å²) >= 11 is 0. The van der Waals surface area contributed by atoms with Gasteiger partial charge in [0.1, 0.15) is 0 Å². The van der Waals surface area contributed by atoms with Gasteiger partial charge in [0, 0.05) is 61.7 Å². The standard InChI is InChI=1S/C26H39N3O4/c1-5-29-19(3)22(24(20(29)4)26(32)33-6-2)11-12-23(30)27-17-13-21(14-18-27)25(31)28-15-9-7-8-10-16-28/h11-12,21H,5-10,13-18H2,1-4H3/b12-11+. The van der Waals surface area contributed by atoms with E-state index in [9.17, 15) is 14.4 Å². The molecule has 0 spiro atoms. The molecule has 182 valence electrons. The highest BCUT2D eigenvalue weighted by Gasteiger charge is 2.30. The van der Waals surface area contributed by atoms with E-state index in [-0.39, 0.29) is 23.7 Å². The number of likely N-dealkylation sites (tertiary alicyclic amines) is 2. The predicted molar refractivity (Wildman–Crippen MR) is 129 cm³/mol. The molecule has 0 N–H and O–H groups in total. The zero-order chi connectivity index (χ0) is 24.0. The van der Waals surface area contributed by atoms with Gasteiger partial charge in [-0.1, -0.05) is 12.8 Å². The van der Waals surface area contributed by atoms with E-state index in [1.165, 1.54) is 12.8 Å². The first-order chi connectivity index (χ1) is 15.9. The highest BCUT2D eigenvalue weighted by molar-refractivity contribution is 5.99. The molecule has 7 heteroatoms. The zero-order valence-electron chi connectivity index (χ0n) is 20.7. The van der Waals surface area contributed by atoms with Crippen LogP contribution in [0.25, 0.3) is 6.08 Å². The molecule has 0 aliphatic carbocycles. The summed E-state index contributed by atoms with van der Waals surface area (Å²) in [6, 6.07) is 0. The molecule has 0 bridgehead atoms. The summed E-state index contributed by atoms with van der Waals surface area (Å²) in [6.45, 7) is 11.7. The van der Waals surface area contributed by atoms with Gasteiger partial charge in [-0.15, -0.1) is 0 Å². The minimum atomic E-state index is -0.356. The Morgan fingerprint density at radius 3 is 2.12 bits per heavy atom. The summed E-state index contributed by atoms with van der Waals surface area (Å²) in [5.74, 6) is -0.141. The zero-order valence-corrected chi connectivity index (χ0v) is 20.7. The number of amides is 2. The smallest absolute Gasteiger partial charge is 0.340 e. The van der Waals surface area contributed by atoms with Gasteiger partial charge in [-0.2, -0.15) is 0 Å². The molecule has 2 fully saturated rings. The van der Waals surface area contributed by atoms with Gasteiger partial charge in [0.25, 0.3) is 0 Å². The Bertz CT molecular complexity index is 886. The number of nitrogens with zero attached hydrogens (tertiary/aromatic N) is 3. The van der Waals surface area contributed by atoms with E-state index in [2.05, 4.69) is 4.57 Å². The van der Waals surface area contributed by atoms with Gasteiger partial charge in [0.05, 0.1) is 12.2 Å². The molecular formula is C26H39N3O4. The van der Waals surface area contributed by atoms with Gasteiger partial charge in [0.2, 0.25) is 11.8 Å². The topological polar surface area (TPSA) is 71.8 Å². The Hall–Kier alpha value is -2.57. The van der Waals surface area contributed by atoms with E-state index in [0.717, 1.165) is 49.4 Å². The molecule has 0 radical (unpaired) electrons. The van der Waals surface area contributed by atoms with E-state index < -0.39 is 0 Å². The van der Waals surface area contributed by atoms with Gasteiger partial charge in [-0.05, 0) is 59.5 Å². The monoisotopic (exact) mass is 457 g/mol. The Morgan fingerprint density at radius 1 is 0.909 bits per heavy atom. The maximum absolute atomic E-state index is 12.9. The fourth-order valence-electron chi connectivity index (χ4n) is 5.20. The number of piperidine rings is 1. The van der Waals surface area contributed by atoms with Gasteiger partial charge >= 0.3 is 5.97 Å². The van der Waals surface area contributed by atoms with Crippen molar-refractivity contribution in [1.82, 2.24) is 14.4 Å². The number of esters is 1. The third-order valence-corrected chi connectivity index (χ3v) is 7.09. The number of rotatable bonds is 6. The van der Waals surface area contributed by atoms with Crippen LogP contribution in [0.2, 0.25) is 0 Å². The Kier molecular flexibility index (Phi) is 8.75. The van der Waals surface area contributed by atoms with Gasteiger partial charge < -0.3 is 19.1 Å². The molecular weight excluding hydrogens is 418 g/mol. The van der Waals surface area contributed by atoms with E-state index in [1.807, 2.05) is 30.6 Å². The molecule has 1 aromatic rings. The van der Waals surface area contributed by atoms with Crippen molar-refractivity contribution in [2.75, 3.05) is 32.8 Å². The SMILES string of the molecule is CCOC(=O)c1c(/C=C/C(=O)N2CCC(C(=O)N3CCCCCC3)CC2)c(C)n(CC)c1C. The largest absolute Gasteiger partial charge is 0.462 e. The quantitative estimate of drug-likeness (QED) is 0.479. The van der Waals surface area contributed by atoms with E-state index >= 15 is 0 Å². The lowest BCUT2D eigenvalue weighted by atomic mass is 9.95. The highest BCUT2D eigenvalue weighted by atomic mass is 16.5. The number of carbonyl (C=O) groups excluding carboxylic acids is 3. The summed E-state index contributed by atoms with van der Waals surface area (Å²) in [5, 5.41) is 0. The van der Waals surface area contributed by atoms with Crippen LogP contribution in [-0.4, -0.2) is 64.9 Å². The highest BCUT2D eigenvalue weighted by Crippen LogP contribution is 2.26. The van der Waals surface area contributed by atoms with Crippen molar-refractivity contribution in [1.29, 1.82) is 0 Å². The number of hydrogen-bond acceptors (Lipinski definition) is 4. The molecule has 2 amide bonds. The molecule has 0 aromatic carbocycles. The maximum Gasteiger partial charge on any atom is 0.340 e. The van der Waals surface area contributed by atoms with Crippen molar-refractivity contribution in [2.45, 2.75) is 72.8 Å². The second-order valence-electron chi connectivity index (χ2n) is 9.10. The predicted octanol–water partition coefficient (Wildman–Crippen LogP) is 3.96. The minimum Gasteiger partial charge on any atom is -0.462 e. The van der Waals surface area contributed by atoms with Crippen LogP contribution >= 0.6 is 0 Å². The van der Waals surface area contributed by atoms with Crippen LogP contribution < -0.4 is 0 Å².